The fourth-order valence-corrected chi connectivity index (χ4v) is 4.71. The van der Waals surface area contributed by atoms with E-state index >= 15 is 0 Å². The Morgan fingerprint density at radius 3 is 2.57 bits per heavy atom. The summed E-state index contributed by atoms with van der Waals surface area (Å²) in [6.45, 7) is 0.745. The fourth-order valence-electron chi connectivity index (χ4n) is 3.48. The third kappa shape index (κ3) is 5.17. The summed E-state index contributed by atoms with van der Waals surface area (Å²) in [5.74, 6) is -1.08. The topological polar surface area (TPSA) is 70.0 Å². The number of nitrogens with zero attached hydrogens (tertiary/aromatic N) is 2. The maximum Gasteiger partial charge on any atom is 0.175 e. The van der Waals surface area contributed by atoms with Crippen molar-refractivity contribution in [2.24, 2.45) is 5.16 Å². The molecule has 1 N–H and O–H groups in total. The molecule has 2 aromatic carbocycles. The lowest BCUT2D eigenvalue weighted by Crippen LogP contribution is -2.19. The molecule has 1 aliphatic rings. The number of oxime groups is 1. The monoisotopic (exact) mass is 492 g/mol. The normalized spacial score (nSPS) is 15.8. The molecule has 1 heterocycles. The van der Waals surface area contributed by atoms with Gasteiger partial charge in [-0.25, -0.2) is 12.8 Å². The predicted molar refractivity (Wildman–Crippen MR) is 119 cm³/mol. The van der Waals surface area contributed by atoms with Gasteiger partial charge in [-0.3, -0.25) is 0 Å². The van der Waals surface area contributed by atoms with Gasteiger partial charge in [-0.1, -0.05) is 51.4 Å². The van der Waals surface area contributed by atoms with Crippen LogP contribution in [0.25, 0.3) is 0 Å². The highest BCUT2D eigenvalue weighted by Gasteiger charge is 2.26. The number of hydrogen-bond acceptors (Lipinski definition) is 5. The van der Waals surface area contributed by atoms with Crippen molar-refractivity contribution in [1.82, 2.24) is 4.90 Å². The van der Waals surface area contributed by atoms with Crippen LogP contribution in [0.4, 0.5) is 4.39 Å². The first-order valence-corrected chi connectivity index (χ1v) is 11.9. The summed E-state index contributed by atoms with van der Waals surface area (Å²) in [5.41, 5.74) is 2.42. The molecule has 158 valence electrons. The van der Waals surface area contributed by atoms with Crippen LogP contribution in [0.3, 0.4) is 0 Å². The van der Waals surface area contributed by atoms with Gasteiger partial charge in [0.15, 0.2) is 9.84 Å². The minimum atomic E-state index is -3.68. The van der Waals surface area contributed by atoms with Crippen LogP contribution >= 0.6 is 15.9 Å². The van der Waals surface area contributed by atoms with Crippen LogP contribution < -0.4 is 0 Å². The minimum Gasteiger partial charge on any atom is -0.411 e. The smallest absolute Gasteiger partial charge is 0.175 e. The zero-order valence-electron chi connectivity index (χ0n) is 16.6. The number of halogens is 2. The second-order valence-corrected chi connectivity index (χ2v) is 10.1. The van der Waals surface area contributed by atoms with Crippen LogP contribution in [-0.4, -0.2) is 44.1 Å². The van der Waals surface area contributed by atoms with Crippen molar-refractivity contribution in [3.8, 4) is 0 Å². The van der Waals surface area contributed by atoms with E-state index in [2.05, 4.69) is 21.1 Å². The van der Waals surface area contributed by atoms with Crippen LogP contribution in [0.5, 0.6) is 0 Å². The van der Waals surface area contributed by atoms with Gasteiger partial charge in [0.25, 0.3) is 0 Å². The highest BCUT2D eigenvalue weighted by atomic mass is 79.9. The van der Waals surface area contributed by atoms with Crippen LogP contribution in [0.1, 0.15) is 23.5 Å². The Kier molecular flexibility index (Phi) is 6.77. The van der Waals surface area contributed by atoms with Gasteiger partial charge < -0.3 is 10.1 Å². The molecule has 0 aliphatic carbocycles. The Morgan fingerprint density at radius 1 is 1.27 bits per heavy atom. The van der Waals surface area contributed by atoms with Gasteiger partial charge in [0, 0.05) is 48.4 Å². The SMILES string of the molecule is CN1C=C(/C(CC(c2ccc(Br)cc2)c2ccc(F)cc2S(C)(=O)=O)=N/O)C=CC1. The van der Waals surface area contributed by atoms with Crippen molar-refractivity contribution in [3.05, 3.63) is 87.8 Å². The molecule has 3 rings (SSSR count). The molecular formula is C22H22BrFN2O3S. The molecule has 1 aliphatic heterocycles. The summed E-state index contributed by atoms with van der Waals surface area (Å²) >= 11 is 3.41. The predicted octanol–water partition coefficient (Wildman–Crippen LogP) is 4.73. The highest BCUT2D eigenvalue weighted by Crippen LogP contribution is 2.35. The molecular weight excluding hydrogens is 471 g/mol. The van der Waals surface area contributed by atoms with E-state index in [0.717, 1.165) is 34.5 Å². The number of sulfone groups is 1. The average Bonchev–Trinajstić information content (AvgIpc) is 2.69. The molecule has 0 bridgehead atoms. The van der Waals surface area contributed by atoms with Gasteiger partial charge >= 0.3 is 0 Å². The lowest BCUT2D eigenvalue weighted by molar-refractivity contribution is 0.317. The summed E-state index contributed by atoms with van der Waals surface area (Å²) in [5, 5.41) is 13.2. The number of rotatable bonds is 6. The average molecular weight is 493 g/mol. The van der Waals surface area contributed by atoms with Gasteiger partial charge in [0.1, 0.15) is 5.82 Å². The molecule has 0 radical (unpaired) electrons. The third-order valence-corrected chi connectivity index (χ3v) is 6.61. The van der Waals surface area contributed by atoms with Gasteiger partial charge in [0.2, 0.25) is 0 Å². The summed E-state index contributed by atoms with van der Waals surface area (Å²) in [6, 6.07) is 11.2. The van der Waals surface area contributed by atoms with E-state index in [4.69, 9.17) is 0 Å². The Labute approximate surface area is 184 Å². The van der Waals surface area contributed by atoms with E-state index in [0.29, 0.717) is 11.3 Å². The molecule has 0 saturated carbocycles. The second-order valence-electron chi connectivity index (χ2n) is 7.24. The molecule has 0 fully saturated rings. The zero-order chi connectivity index (χ0) is 21.9. The van der Waals surface area contributed by atoms with Crippen molar-refractivity contribution in [1.29, 1.82) is 0 Å². The molecule has 2 aromatic rings. The van der Waals surface area contributed by atoms with Gasteiger partial charge in [0.05, 0.1) is 10.6 Å². The Hall–Kier alpha value is -2.45. The van der Waals surface area contributed by atoms with E-state index < -0.39 is 21.6 Å². The lowest BCUT2D eigenvalue weighted by Gasteiger charge is -2.23. The number of likely N-dealkylation sites (N-methyl/N-ethyl adjacent to an activating group) is 1. The van der Waals surface area contributed by atoms with Crippen LogP contribution in [0, 0.1) is 5.82 Å². The Bertz CT molecular complexity index is 1130. The maximum atomic E-state index is 13.9. The van der Waals surface area contributed by atoms with E-state index in [-0.39, 0.29) is 11.3 Å². The molecule has 0 aromatic heterocycles. The molecule has 8 heteroatoms. The number of hydrogen-bond donors (Lipinski definition) is 1. The van der Waals surface area contributed by atoms with Crippen molar-refractivity contribution in [2.45, 2.75) is 17.2 Å². The van der Waals surface area contributed by atoms with Crippen molar-refractivity contribution in [3.63, 3.8) is 0 Å². The largest absolute Gasteiger partial charge is 0.411 e. The van der Waals surface area contributed by atoms with E-state index in [1.165, 1.54) is 12.1 Å². The molecule has 5 nitrogen and oxygen atoms in total. The van der Waals surface area contributed by atoms with E-state index in [1.54, 1.807) is 0 Å². The first-order valence-electron chi connectivity index (χ1n) is 9.24. The highest BCUT2D eigenvalue weighted by molar-refractivity contribution is 9.10. The van der Waals surface area contributed by atoms with Crippen molar-refractivity contribution < 1.29 is 18.0 Å². The molecule has 1 atom stereocenters. The molecule has 1 unspecified atom stereocenters. The molecule has 0 spiro atoms. The Balaban J connectivity index is 2.14. The molecule has 30 heavy (non-hydrogen) atoms. The van der Waals surface area contributed by atoms with Gasteiger partial charge in [-0.15, -0.1) is 0 Å². The van der Waals surface area contributed by atoms with Crippen LogP contribution in [-0.2, 0) is 9.84 Å². The number of benzene rings is 2. The summed E-state index contributed by atoms with van der Waals surface area (Å²) < 4.78 is 39.6. The third-order valence-electron chi connectivity index (χ3n) is 4.92. The molecule has 0 amide bonds. The molecule has 0 saturated heterocycles. The fraction of sp³-hybridized carbons (Fsp3) is 0.227. The van der Waals surface area contributed by atoms with Crippen molar-refractivity contribution >= 4 is 31.5 Å². The van der Waals surface area contributed by atoms with E-state index in [1.807, 2.05) is 54.6 Å². The van der Waals surface area contributed by atoms with Gasteiger partial charge in [-0.2, -0.15) is 0 Å². The minimum absolute atomic E-state index is 0.0713. The second kappa shape index (κ2) is 9.14. The Morgan fingerprint density at radius 2 is 1.97 bits per heavy atom. The van der Waals surface area contributed by atoms with Crippen LogP contribution in [0.15, 0.2) is 80.9 Å². The first-order chi connectivity index (χ1) is 14.2. The number of allylic oxidation sites excluding steroid dienone is 2. The van der Waals surface area contributed by atoms with Crippen molar-refractivity contribution in [2.75, 3.05) is 19.8 Å². The van der Waals surface area contributed by atoms with Gasteiger partial charge in [-0.05, 0) is 35.4 Å². The van der Waals surface area contributed by atoms with Crippen LogP contribution in [0.2, 0.25) is 0 Å². The van der Waals surface area contributed by atoms with E-state index in [9.17, 15) is 18.0 Å². The maximum absolute atomic E-state index is 13.9. The lowest BCUT2D eigenvalue weighted by atomic mass is 9.85. The quantitative estimate of drug-likeness (QED) is 0.359. The summed E-state index contributed by atoms with van der Waals surface area (Å²) in [4.78, 5) is 1.88. The first kappa shape index (κ1) is 22.2. The summed E-state index contributed by atoms with van der Waals surface area (Å²) in [7, 11) is -1.77. The standard InChI is InChI=1S/C22H22BrFN2O3S/c1-26-11-3-4-16(14-26)21(25-27)13-20(15-5-7-17(23)8-6-15)19-10-9-18(24)12-22(19)30(2,28)29/h3-10,12,14,20,27H,11,13H2,1-2H3/b25-21+. The zero-order valence-corrected chi connectivity index (χ0v) is 19.0. The summed E-state index contributed by atoms with van der Waals surface area (Å²) in [6.07, 6.45) is 6.99.